The third-order valence-electron chi connectivity index (χ3n) is 6.70. The Morgan fingerprint density at radius 2 is 1.72 bits per heavy atom. The van der Waals surface area contributed by atoms with Crippen molar-refractivity contribution in [1.82, 2.24) is 0 Å². The predicted molar refractivity (Wildman–Crippen MR) is 125 cm³/mol. The third kappa shape index (κ3) is 5.84. The second-order valence-electron chi connectivity index (χ2n) is 8.56. The van der Waals surface area contributed by atoms with Crippen LogP contribution in [0, 0.1) is 17.7 Å². The molecule has 1 saturated carbocycles. The smallest absolute Gasteiger partial charge is 0.150 e. The van der Waals surface area contributed by atoms with Gasteiger partial charge in [0.1, 0.15) is 11.5 Å². The lowest BCUT2D eigenvalue weighted by Crippen LogP contribution is -2.19. The maximum absolute atomic E-state index is 14.1. The van der Waals surface area contributed by atoms with Crippen LogP contribution < -0.4 is 0 Å². The van der Waals surface area contributed by atoms with Crippen LogP contribution in [0.15, 0.2) is 47.5 Å². The first kappa shape index (κ1) is 21.9. The molecule has 1 aliphatic rings. The Kier molecular flexibility index (Phi) is 8.15. The number of unbranched alkanes of at least 4 members (excludes halogenated alkanes) is 2. The molecule has 0 N–H and O–H groups in total. The molecule has 0 aromatic heterocycles. The summed E-state index contributed by atoms with van der Waals surface area (Å²) in [5.41, 5.74) is 3.51. The zero-order valence-electron chi connectivity index (χ0n) is 17.7. The first-order chi connectivity index (χ1) is 14.1. The number of isothiocyanates is 1. The minimum Gasteiger partial charge on any atom is -0.205 e. The van der Waals surface area contributed by atoms with Gasteiger partial charge in [0.25, 0.3) is 0 Å². The van der Waals surface area contributed by atoms with E-state index in [1.54, 1.807) is 6.07 Å². The molecule has 0 amide bonds. The van der Waals surface area contributed by atoms with Gasteiger partial charge in [0.15, 0.2) is 0 Å². The number of thiocarbonyl (C=S) groups is 1. The van der Waals surface area contributed by atoms with Gasteiger partial charge in [0, 0.05) is 0 Å². The first-order valence-electron chi connectivity index (χ1n) is 11.1. The SMILES string of the molecule is CCCCC[C@H]1CC[C@H](C(C)c2ccc(-c3ccc(N=C=S)c(F)c3)cc2)CC1. The van der Waals surface area contributed by atoms with Crippen LogP contribution in [-0.2, 0) is 0 Å². The molecule has 1 atom stereocenters. The van der Waals surface area contributed by atoms with E-state index >= 15 is 0 Å². The molecule has 0 bridgehead atoms. The minimum atomic E-state index is -0.368. The van der Waals surface area contributed by atoms with Gasteiger partial charge in [-0.25, -0.2) is 4.39 Å². The summed E-state index contributed by atoms with van der Waals surface area (Å²) >= 11 is 4.56. The number of halogens is 1. The summed E-state index contributed by atoms with van der Waals surface area (Å²) in [6, 6.07) is 13.7. The predicted octanol–water partition coefficient (Wildman–Crippen LogP) is 8.72. The van der Waals surface area contributed by atoms with E-state index in [1.165, 1.54) is 63.0 Å². The quantitative estimate of drug-likeness (QED) is 0.241. The van der Waals surface area contributed by atoms with Crippen LogP contribution in [0.1, 0.15) is 76.7 Å². The average Bonchev–Trinajstić information content (AvgIpc) is 2.76. The lowest BCUT2D eigenvalue weighted by Gasteiger charge is -2.32. The second-order valence-corrected chi connectivity index (χ2v) is 8.74. The number of aliphatic imine (C=N–C) groups is 1. The van der Waals surface area contributed by atoms with Gasteiger partial charge in [0.05, 0.1) is 5.16 Å². The van der Waals surface area contributed by atoms with Crippen LogP contribution in [0.2, 0.25) is 0 Å². The molecule has 0 radical (unpaired) electrons. The highest BCUT2D eigenvalue weighted by molar-refractivity contribution is 7.78. The van der Waals surface area contributed by atoms with Crippen molar-refractivity contribution in [3.8, 4) is 11.1 Å². The molecule has 2 aromatic rings. The van der Waals surface area contributed by atoms with Crippen molar-refractivity contribution in [2.24, 2.45) is 16.8 Å². The maximum Gasteiger partial charge on any atom is 0.150 e. The van der Waals surface area contributed by atoms with Crippen molar-refractivity contribution in [2.45, 2.75) is 71.1 Å². The van der Waals surface area contributed by atoms with E-state index in [1.807, 2.05) is 6.07 Å². The van der Waals surface area contributed by atoms with E-state index in [9.17, 15) is 4.39 Å². The number of hydrogen-bond acceptors (Lipinski definition) is 2. The zero-order valence-corrected chi connectivity index (χ0v) is 18.5. The Hall–Kier alpha value is -1.83. The van der Waals surface area contributed by atoms with Gasteiger partial charge < -0.3 is 0 Å². The van der Waals surface area contributed by atoms with E-state index in [0.29, 0.717) is 5.92 Å². The Bertz CT molecular complexity index is 830. The van der Waals surface area contributed by atoms with Gasteiger partial charge in [-0.1, -0.05) is 82.7 Å². The molecule has 0 saturated heterocycles. The molecule has 3 heteroatoms. The number of rotatable bonds is 8. The summed E-state index contributed by atoms with van der Waals surface area (Å²) in [6.45, 7) is 4.65. The molecule has 1 fully saturated rings. The van der Waals surface area contributed by atoms with Gasteiger partial charge in [-0.2, -0.15) is 4.99 Å². The van der Waals surface area contributed by atoms with Crippen LogP contribution in [-0.4, -0.2) is 5.16 Å². The normalized spacial score (nSPS) is 20.1. The highest BCUT2D eigenvalue weighted by atomic mass is 32.1. The van der Waals surface area contributed by atoms with Crippen LogP contribution in [0.3, 0.4) is 0 Å². The third-order valence-corrected chi connectivity index (χ3v) is 6.79. The molecule has 0 aliphatic heterocycles. The van der Waals surface area contributed by atoms with E-state index in [-0.39, 0.29) is 11.5 Å². The molecule has 0 spiro atoms. The summed E-state index contributed by atoms with van der Waals surface area (Å²) in [6.07, 6.45) is 11.0. The Labute approximate surface area is 180 Å². The largest absolute Gasteiger partial charge is 0.205 e. The van der Waals surface area contributed by atoms with Crippen molar-refractivity contribution < 1.29 is 4.39 Å². The summed E-state index contributed by atoms with van der Waals surface area (Å²) in [5, 5.41) is 2.22. The highest BCUT2D eigenvalue weighted by Gasteiger charge is 2.25. The van der Waals surface area contributed by atoms with E-state index in [2.05, 4.69) is 60.5 Å². The molecular weight excluding hydrogens is 377 g/mol. The first-order valence-corrected chi connectivity index (χ1v) is 11.5. The van der Waals surface area contributed by atoms with Gasteiger partial charge in [-0.3, -0.25) is 0 Å². The van der Waals surface area contributed by atoms with Crippen molar-refractivity contribution in [3.05, 3.63) is 53.8 Å². The molecule has 3 rings (SSSR count). The van der Waals surface area contributed by atoms with Crippen molar-refractivity contribution in [3.63, 3.8) is 0 Å². The fraction of sp³-hybridized carbons (Fsp3) is 0.500. The van der Waals surface area contributed by atoms with Crippen molar-refractivity contribution in [2.75, 3.05) is 0 Å². The number of hydrogen-bond donors (Lipinski definition) is 0. The number of benzene rings is 2. The van der Waals surface area contributed by atoms with Gasteiger partial charge in [0.2, 0.25) is 0 Å². The molecule has 1 aliphatic carbocycles. The van der Waals surface area contributed by atoms with Crippen molar-refractivity contribution >= 4 is 23.1 Å². The van der Waals surface area contributed by atoms with Gasteiger partial charge in [-0.05, 0) is 71.6 Å². The summed E-state index contributed by atoms with van der Waals surface area (Å²) in [4.78, 5) is 3.75. The van der Waals surface area contributed by atoms with Crippen LogP contribution in [0.25, 0.3) is 11.1 Å². The monoisotopic (exact) mass is 409 g/mol. The maximum atomic E-state index is 14.1. The highest BCUT2D eigenvalue weighted by Crippen LogP contribution is 2.40. The molecule has 0 heterocycles. The minimum absolute atomic E-state index is 0.235. The molecular formula is C26H32FNS. The summed E-state index contributed by atoms with van der Waals surface area (Å²) < 4.78 is 14.1. The fourth-order valence-electron chi connectivity index (χ4n) is 4.74. The standard InChI is InChI=1S/C26H32FNS/c1-3-4-5-6-20-7-9-21(10-8-20)19(2)22-11-13-23(14-12-22)24-15-16-26(28-18-29)25(27)17-24/h11-17,19-21H,3-10H2,1-2H3/t19?,20-,21-. The molecule has 154 valence electrons. The lowest BCUT2D eigenvalue weighted by molar-refractivity contribution is 0.236. The Morgan fingerprint density at radius 3 is 2.34 bits per heavy atom. The topological polar surface area (TPSA) is 12.4 Å². The van der Waals surface area contributed by atoms with E-state index in [4.69, 9.17) is 0 Å². The number of nitrogens with zero attached hydrogens (tertiary/aromatic N) is 1. The molecule has 1 unspecified atom stereocenters. The Morgan fingerprint density at radius 1 is 1.03 bits per heavy atom. The van der Waals surface area contributed by atoms with Crippen molar-refractivity contribution in [1.29, 1.82) is 0 Å². The summed E-state index contributed by atoms with van der Waals surface area (Å²) in [5.74, 6) is 1.95. The Balaban J connectivity index is 1.60. The van der Waals surface area contributed by atoms with Crippen LogP contribution >= 0.6 is 12.2 Å². The van der Waals surface area contributed by atoms with Gasteiger partial charge >= 0.3 is 0 Å². The fourth-order valence-corrected chi connectivity index (χ4v) is 4.84. The molecule has 1 nitrogen and oxygen atoms in total. The molecule has 2 aromatic carbocycles. The summed E-state index contributed by atoms with van der Waals surface area (Å²) in [7, 11) is 0. The van der Waals surface area contributed by atoms with E-state index < -0.39 is 0 Å². The molecule has 29 heavy (non-hydrogen) atoms. The van der Waals surface area contributed by atoms with E-state index in [0.717, 1.165) is 23.0 Å². The van der Waals surface area contributed by atoms with Crippen LogP contribution in [0.5, 0.6) is 0 Å². The van der Waals surface area contributed by atoms with Crippen LogP contribution in [0.4, 0.5) is 10.1 Å². The van der Waals surface area contributed by atoms with Gasteiger partial charge in [-0.15, -0.1) is 0 Å². The zero-order chi connectivity index (χ0) is 20.6. The lowest BCUT2D eigenvalue weighted by atomic mass is 9.73. The second kappa shape index (κ2) is 10.8. The average molecular weight is 410 g/mol.